The zero-order chi connectivity index (χ0) is 18.8. The van der Waals surface area contributed by atoms with Crippen molar-refractivity contribution in [2.24, 2.45) is 0 Å². The number of aryl methyl sites for hydroxylation is 2. The number of hydrogen-bond acceptors (Lipinski definition) is 3. The van der Waals surface area contributed by atoms with Crippen LogP contribution in [0.4, 0.5) is 5.69 Å². The average molecular weight is 356 g/mol. The fourth-order valence-electron chi connectivity index (χ4n) is 3.00. The molecule has 4 heteroatoms. The van der Waals surface area contributed by atoms with Gasteiger partial charge >= 0.3 is 0 Å². The van der Waals surface area contributed by atoms with Gasteiger partial charge < -0.3 is 9.73 Å². The quantitative estimate of drug-likeness (QED) is 0.516. The lowest BCUT2D eigenvalue weighted by Gasteiger charge is -2.05. The van der Waals surface area contributed by atoms with Crippen molar-refractivity contribution >= 4 is 22.7 Å². The Balaban J connectivity index is 1.59. The maximum Gasteiger partial charge on any atom is 0.255 e. The Kier molecular flexibility index (Phi) is 4.47. The Morgan fingerprint density at radius 3 is 2.59 bits per heavy atom. The van der Waals surface area contributed by atoms with Gasteiger partial charge in [-0.05, 0) is 55.3 Å². The van der Waals surface area contributed by atoms with E-state index in [9.17, 15) is 4.79 Å². The fraction of sp³-hybridized carbons (Fsp3) is 0.130. The number of anilines is 1. The molecule has 0 bridgehead atoms. The number of amides is 1. The molecule has 4 aromatic rings. The van der Waals surface area contributed by atoms with E-state index in [1.54, 1.807) is 12.1 Å². The largest absolute Gasteiger partial charge is 0.436 e. The molecule has 4 nitrogen and oxygen atoms in total. The second-order valence-electron chi connectivity index (χ2n) is 6.58. The number of hydrogen-bond donors (Lipinski definition) is 1. The summed E-state index contributed by atoms with van der Waals surface area (Å²) in [4.78, 5) is 17.0. The van der Waals surface area contributed by atoms with Gasteiger partial charge in [-0.3, -0.25) is 4.79 Å². The molecule has 0 atom stereocenters. The van der Waals surface area contributed by atoms with Crippen molar-refractivity contribution in [2.45, 2.75) is 20.3 Å². The van der Waals surface area contributed by atoms with E-state index in [1.165, 1.54) is 5.56 Å². The van der Waals surface area contributed by atoms with Gasteiger partial charge in [0.15, 0.2) is 5.58 Å². The van der Waals surface area contributed by atoms with Crippen molar-refractivity contribution in [2.75, 3.05) is 5.32 Å². The third-order valence-electron chi connectivity index (χ3n) is 4.54. The minimum Gasteiger partial charge on any atom is -0.436 e. The van der Waals surface area contributed by atoms with Crippen molar-refractivity contribution in [3.05, 3.63) is 83.4 Å². The molecule has 0 radical (unpaired) electrons. The Hall–Kier alpha value is -3.40. The first-order valence-electron chi connectivity index (χ1n) is 9.00. The van der Waals surface area contributed by atoms with E-state index in [1.807, 2.05) is 49.4 Å². The minimum atomic E-state index is -0.145. The Bertz CT molecular complexity index is 1110. The van der Waals surface area contributed by atoms with Gasteiger partial charge in [0.25, 0.3) is 5.91 Å². The van der Waals surface area contributed by atoms with Gasteiger partial charge in [0.2, 0.25) is 5.89 Å². The maximum atomic E-state index is 12.4. The molecule has 0 unspecified atom stereocenters. The lowest BCUT2D eigenvalue weighted by atomic mass is 10.1. The summed E-state index contributed by atoms with van der Waals surface area (Å²) < 4.78 is 5.91. The summed E-state index contributed by atoms with van der Waals surface area (Å²) in [6.07, 6.45) is 0.998. The number of nitrogens with one attached hydrogen (secondary N) is 1. The predicted molar refractivity (Wildman–Crippen MR) is 108 cm³/mol. The summed E-state index contributed by atoms with van der Waals surface area (Å²) in [6, 6.07) is 21.2. The molecular weight excluding hydrogens is 336 g/mol. The highest BCUT2D eigenvalue weighted by Gasteiger charge is 2.11. The van der Waals surface area contributed by atoms with Crippen molar-refractivity contribution in [1.82, 2.24) is 4.98 Å². The smallest absolute Gasteiger partial charge is 0.255 e. The van der Waals surface area contributed by atoms with Crippen LogP contribution in [-0.4, -0.2) is 10.9 Å². The summed E-state index contributed by atoms with van der Waals surface area (Å²) in [5.74, 6) is 0.433. The summed E-state index contributed by atoms with van der Waals surface area (Å²) >= 11 is 0. The SMILES string of the molecule is CCc1ccc(-c2nc3ccc(NC(=O)c4cccc(C)c4)cc3o2)cc1. The second kappa shape index (κ2) is 7.08. The molecule has 0 fully saturated rings. The number of carbonyl (C=O) groups excluding carboxylic acids is 1. The maximum absolute atomic E-state index is 12.4. The summed E-state index contributed by atoms with van der Waals surface area (Å²) in [7, 11) is 0. The predicted octanol–water partition coefficient (Wildman–Crippen LogP) is 5.62. The first-order chi connectivity index (χ1) is 13.1. The highest BCUT2D eigenvalue weighted by Crippen LogP contribution is 2.27. The monoisotopic (exact) mass is 356 g/mol. The molecule has 0 saturated carbocycles. The zero-order valence-electron chi connectivity index (χ0n) is 15.3. The summed E-state index contributed by atoms with van der Waals surface area (Å²) in [5, 5.41) is 2.91. The normalized spacial score (nSPS) is 10.9. The van der Waals surface area contributed by atoms with Gasteiger partial charge in [-0.1, -0.05) is 36.8 Å². The van der Waals surface area contributed by atoms with Gasteiger partial charge in [-0.15, -0.1) is 0 Å². The topological polar surface area (TPSA) is 55.1 Å². The van der Waals surface area contributed by atoms with Crippen LogP contribution in [0.3, 0.4) is 0 Å². The molecule has 0 aliphatic heterocycles. The van der Waals surface area contributed by atoms with Crippen LogP contribution >= 0.6 is 0 Å². The van der Waals surface area contributed by atoms with Crippen LogP contribution in [-0.2, 0) is 6.42 Å². The van der Waals surface area contributed by atoms with E-state index in [2.05, 4.69) is 29.4 Å². The third kappa shape index (κ3) is 3.60. The number of benzene rings is 3. The third-order valence-corrected chi connectivity index (χ3v) is 4.54. The van der Waals surface area contributed by atoms with Gasteiger partial charge in [-0.25, -0.2) is 4.98 Å². The number of oxazole rings is 1. The van der Waals surface area contributed by atoms with Crippen LogP contribution in [0.2, 0.25) is 0 Å². The summed E-state index contributed by atoms with van der Waals surface area (Å²) in [5.41, 5.74) is 5.98. The molecule has 0 saturated heterocycles. The molecular formula is C23H20N2O2. The van der Waals surface area contributed by atoms with Crippen molar-refractivity contribution in [3.8, 4) is 11.5 Å². The number of nitrogens with zero attached hydrogens (tertiary/aromatic N) is 1. The first-order valence-corrected chi connectivity index (χ1v) is 9.00. The molecule has 4 rings (SSSR count). The Morgan fingerprint density at radius 2 is 1.85 bits per heavy atom. The zero-order valence-corrected chi connectivity index (χ0v) is 15.3. The average Bonchev–Trinajstić information content (AvgIpc) is 3.11. The molecule has 1 heterocycles. The molecule has 0 aliphatic carbocycles. The van der Waals surface area contributed by atoms with Crippen molar-refractivity contribution in [1.29, 1.82) is 0 Å². The fourth-order valence-corrected chi connectivity index (χ4v) is 3.00. The molecule has 1 N–H and O–H groups in total. The van der Waals surface area contributed by atoms with E-state index in [0.29, 0.717) is 22.7 Å². The Labute approximate surface area is 157 Å². The molecule has 27 heavy (non-hydrogen) atoms. The molecule has 1 amide bonds. The van der Waals surface area contributed by atoms with E-state index >= 15 is 0 Å². The second-order valence-corrected chi connectivity index (χ2v) is 6.58. The van der Waals surface area contributed by atoms with Crippen LogP contribution in [0.1, 0.15) is 28.4 Å². The van der Waals surface area contributed by atoms with Gasteiger partial charge in [-0.2, -0.15) is 0 Å². The van der Waals surface area contributed by atoms with Crippen LogP contribution < -0.4 is 5.32 Å². The Morgan fingerprint density at radius 1 is 1.04 bits per heavy atom. The highest BCUT2D eigenvalue weighted by atomic mass is 16.3. The van der Waals surface area contributed by atoms with Crippen LogP contribution in [0.15, 0.2) is 71.1 Å². The van der Waals surface area contributed by atoms with Crippen LogP contribution in [0.5, 0.6) is 0 Å². The van der Waals surface area contributed by atoms with Crippen molar-refractivity contribution in [3.63, 3.8) is 0 Å². The van der Waals surface area contributed by atoms with E-state index in [-0.39, 0.29) is 5.91 Å². The lowest BCUT2D eigenvalue weighted by molar-refractivity contribution is 0.102. The number of carbonyl (C=O) groups is 1. The van der Waals surface area contributed by atoms with Crippen molar-refractivity contribution < 1.29 is 9.21 Å². The summed E-state index contributed by atoms with van der Waals surface area (Å²) in [6.45, 7) is 4.09. The molecule has 0 aliphatic rings. The molecule has 0 spiro atoms. The number of aromatic nitrogens is 1. The van der Waals surface area contributed by atoms with E-state index in [4.69, 9.17) is 4.42 Å². The van der Waals surface area contributed by atoms with E-state index in [0.717, 1.165) is 23.1 Å². The molecule has 134 valence electrons. The lowest BCUT2D eigenvalue weighted by Crippen LogP contribution is -2.11. The van der Waals surface area contributed by atoms with Crippen LogP contribution in [0.25, 0.3) is 22.6 Å². The van der Waals surface area contributed by atoms with Gasteiger partial charge in [0, 0.05) is 22.9 Å². The molecule has 1 aromatic heterocycles. The van der Waals surface area contributed by atoms with E-state index < -0.39 is 0 Å². The van der Waals surface area contributed by atoms with Gasteiger partial charge in [0.1, 0.15) is 5.52 Å². The highest BCUT2D eigenvalue weighted by molar-refractivity contribution is 6.05. The van der Waals surface area contributed by atoms with Crippen LogP contribution in [0, 0.1) is 6.92 Å². The van der Waals surface area contributed by atoms with Gasteiger partial charge in [0.05, 0.1) is 0 Å². The molecule has 3 aromatic carbocycles. The minimum absolute atomic E-state index is 0.145. The number of fused-ring (bicyclic) bond motifs is 1. The standard InChI is InChI=1S/C23H20N2O2/c1-3-16-7-9-17(10-8-16)23-25-20-12-11-19(14-21(20)27-23)24-22(26)18-6-4-5-15(2)13-18/h4-14H,3H2,1-2H3,(H,24,26). The number of rotatable bonds is 4. The first kappa shape index (κ1) is 17.0.